The molecule has 3 atom stereocenters. The van der Waals surface area contributed by atoms with Crippen LogP contribution in [0.15, 0.2) is 0 Å². The van der Waals surface area contributed by atoms with E-state index in [0.29, 0.717) is 12.1 Å². The smallest absolute Gasteiger partial charge is 0.0244 e. The van der Waals surface area contributed by atoms with E-state index in [2.05, 4.69) is 17.6 Å². The molecule has 0 heterocycles. The van der Waals surface area contributed by atoms with Crippen LogP contribution in [0, 0.1) is 5.92 Å². The van der Waals surface area contributed by atoms with Crippen molar-refractivity contribution in [1.82, 2.24) is 10.6 Å². The molecule has 0 aromatic heterocycles. The molecular formula is C7H16N2. The van der Waals surface area contributed by atoms with Gasteiger partial charge in [0.25, 0.3) is 0 Å². The summed E-state index contributed by atoms with van der Waals surface area (Å²) in [5, 5.41) is 6.56. The Morgan fingerprint density at radius 1 is 1.22 bits per heavy atom. The van der Waals surface area contributed by atoms with Gasteiger partial charge in [0.15, 0.2) is 0 Å². The van der Waals surface area contributed by atoms with E-state index in [-0.39, 0.29) is 0 Å². The molecule has 0 bridgehead atoms. The summed E-state index contributed by atoms with van der Waals surface area (Å²) < 4.78 is 0. The molecule has 2 nitrogen and oxygen atoms in total. The summed E-state index contributed by atoms with van der Waals surface area (Å²) in [6.07, 6.45) is 1.32. The first-order valence-electron chi connectivity index (χ1n) is 3.64. The molecule has 0 spiro atoms. The molecular weight excluding hydrogens is 112 g/mol. The Bertz CT molecular complexity index is 92.9. The maximum Gasteiger partial charge on any atom is 0.0244 e. The van der Waals surface area contributed by atoms with Crippen molar-refractivity contribution in [2.45, 2.75) is 25.4 Å². The molecule has 0 aromatic carbocycles. The van der Waals surface area contributed by atoms with Gasteiger partial charge < -0.3 is 10.6 Å². The quantitative estimate of drug-likeness (QED) is 0.555. The van der Waals surface area contributed by atoms with Crippen LogP contribution in [0.3, 0.4) is 0 Å². The molecule has 54 valence electrons. The fourth-order valence-corrected chi connectivity index (χ4v) is 1.68. The van der Waals surface area contributed by atoms with Crippen molar-refractivity contribution in [3.8, 4) is 0 Å². The second kappa shape index (κ2) is 2.67. The van der Waals surface area contributed by atoms with Crippen LogP contribution in [0.1, 0.15) is 13.3 Å². The Labute approximate surface area is 57.0 Å². The third-order valence-electron chi connectivity index (χ3n) is 2.38. The van der Waals surface area contributed by atoms with E-state index >= 15 is 0 Å². The summed E-state index contributed by atoms with van der Waals surface area (Å²) in [6.45, 7) is 2.29. The zero-order valence-corrected chi connectivity index (χ0v) is 6.44. The highest BCUT2D eigenvalue weighted by Crippen LogP contribution is 2.26. The first-order chi connectivity index (χ1) is 4.29. The molecule has 0 aromatic rings. The van der Waals surface area contributed by atoms with Gasteiger partial charge in [-0.25, -0.2) is 0 Å². The van der Waals surface area contributed by atoms with Crippen LogP contribution in [0.4, 0.5) is 0 Å². The van der Waals surface area contributed by atoms with Crippen molar-refractivity contribution < 1.29 is 0 Å². The first-order valence-corrected chi connectivity index (χ1v) is 3.64. The molecule has 0 saturated heterocycles. The van der Waals surface area contributed by atoms with Gasteiger partial charge >= 0.3 is 0 Å². The highest BCUT2D eigenvalue weighted by molar-refractivity contribution is 4.95. The fraction of sp³-hybridized carbons (Fsp3) is 1.00. The van der Waals surface area contributed by atoms with E-state index in [4.69, 9.17) is 0 Å². The summed E-state index contributed by atoms with van der Waals surface area (Å²) in [5.74, 6) is 0.854. The molecule has 1 rings (SSSR count). The van der Waals surface area contributed by atoms with Crippen molar-refractivity contribution in [2.75, 3.05) is 14.1 Å². The Balaban J connectivity index is 2.29. The lowest BCUT2D eigenvalue weighted by Gasteiger charge is -2.42. The highest BCUT2D eigenvalue weighted by atomic mass is 15.0. The SMILES string of the molecule is CNC1CC(C)[C@@H]1NC. The normalized spacial score (nSPS) is 42.3. The summed E-state index contributed by atoms with van der Waals surface area (Å²) in [6, 6.07) is 1.42. The largest absolute Gasteiger partial charge is 0.315 e. The average Bonchev–Trinajstić information content (AvgIpc) is 1.83. The first kappa shape index (κ1) is 7.03. The molecule has 1 saturated carbocycles. The van der Waals surface area contributed by atoms with E-state index in [1.807, 2.05) is 14.1 Å². The molecule has 1 aliphatic rings. The highest BCUT2D eigenvalue weighted by Gasteiger charge is 2.35. The van der Waals surface area contributed by atoms with Gasteiger partial charge in [0.1, 0.15) is 0 Å². The number of likely N-dealkylation sites (N-methyl/N-ethyl adjacent to an activating group) is 2. The minimum absolute atomic E-state index is 0.704. The Hall–Kier alpha value is -0.0800. The molecule has 1 aliphatic carbocycles. The van der Waals surface area contributed by atoms with Gasteiger partial charge in [-0.15, -0.1) is 0 Å². The van der Waals surface area contributed by atoms with Gasteiger partial charge in [0.05, 0.1) is 0 Å². The fourth-order valence-electron chi connectivity index (χ4n) is 1.68. The number of hydrogen-bond donors (Lipinski definition) is 2. The Kier molecular flexibility index (Phi) is 2.09. The standard InChI is InChI=1S/C7H16N2/c1-5-4-6(8-2)7(5)9-3/h5-9H,4H2,1-3H3/t5?,6?,7-/m0/s1. The number of hydrogen-bond acceptors (Lipinski definition) is 2. The molecule has 0 amide bonds. The summed E-state index contributed by atoms with van der Waals surface area (Å²) in [5.41, 5.74) is 0. The minimum Gasteiger partial charge on any atom is -0.315 e. The van der Waals surface area contributed by atoms with E-state index < -0.39 is 0 Å². The van der Waals surface area contributed by atoms with Gasteiger partial charge in [0.2, 0.25) is 0 Å². The van der Waals surface area contributed by atoms with Crippen molar-refractivity contribution in [3.63, 3.8) is 0 Å². The van der Waals surface area contributed by atoms with Crippen LogP contribution in [0.5, 0.6) is 0 Å². The lowest BCUT2D eigenvalue weighted by Crippen LogP contribution is -2.58. The van der Waals surface area contributed by atoms with E-state index in [1.165, 1.54) is 6.42 Å². The minimum atomic E-state index is 0.704. The third kappa shape index (κ3) is 1.10. The molecule has 2 heteroatoms. The molecule has 2 N–H and O–H groups in total. The maximum atomic E-state index is 3.29. The van der Waals surface area contributed by atoms with Crippen molar-refractivity contribution >= 4 is 0 Å². The zero-order chi connectivity index (χ0) is 6.85. The van der Waals surface area contributed by atoms with E-state index in [1.54, 1.807) is 0 Å². The predicted octanol–water partition coefficient (Wildman–Crippen LogP) is 0.202. The van der Waals surface area contributed by atoms with Crippen molar-refractivity contribution in [1.29, 1.82) is 0 Å². The molecule has 1 fully saturated rings. The molecule has 2 unspecified atom stereocenters. The van der Waals surface area contributed by atoms with E-state index in [9.17, 15) is 0 Å². The monoisotopic (exact) mass is 128 g/mol. The average molecular weight is 128 g/mol. The number of nitrogens with one attached hydrogen (secondary N) is 2. The second-order valence-electron chi connectivity index (χ2n) is 2.92. The summed E-state index contributed by atoms with van der Waals surface area (Å²) in [7, 11) is 4.06. The van der Waals surface area contributed by atoms with Crippen LogP contribution < -0.4 is 10.6 Å². The van der Waals surface area contributed by atoms with Gasteiger partial charge in [-0.1, -0.05) is 6.92 Å². The predicted molar refractivity (Wildman–Crippen MR) is 39.5 cm³/mol. The van der Waals surface area contributed by atoms with Crippen LogP contribution in [-0.4, -0.2) is 26.2 Å². The van der Waals surface area contributed by atoms with E-state index in [0.717, 1.165) is 5.92 Å². The molecule has 0 radical (unpaired) electrons. The topological polar surface area (TPSA) is 24.1 Å². The van der Waals surface area contributed by atoms with Crippen molar-refractivity contribution in [2.24, 2.45) is 5.92 Å². The molecule has 9 heavy (non-hydrogen) atoms. The lowest BCUT2D eigenvalue weighted by atomic mass is 9.76. The van der Waals surface area contributed by atoms with Crippen LogP contribution >= 0.6 is 0 Å². The van der Waals surface area contributed by atoms with Crippen LogP contribution in [0.2, 0.25) is 0 Å². The Morgan fingerprint density at radius 2 is 1.89 bits per heavy atom. The van der Waals surface area contributed by atoms with Gasteiger partial charge in [-0.05, 0) is 26.4 Å². The molecule has 0 aliphatic heterocycles. The van der Waals surface area contributed by atoms with Crippen LogP contribution in [-0.2, 0) is 0 Å². The van der Waals surface area contributed by atoms with Crippen LogP contribution in [0.25, 0.3) is 0 Å². The van der Waals surface area contributed by atoms with Crippen molar-refractivity contribution in [3.05, 3.63) is 0 Å². The zero-order valence-electron chi connectivity index (χ0n) is 6.44. The lowest BCUT2D eigenvalue weighted by molar-refractivity contribution is 0.171. The van der Waals surface area contributed by atoms with Gasteiger partial charge in [-0.2, -0.15) is 0 Å². The Morgan fingerprint density at radius 3 is 2.11 bits per heavy atom. The second-order valence-corrected chi connectivity index (χ2v) is 2.92. The maximum absolute atomic E-state index is 3.29. The third-order valence-corrected chi connectivity index (χ3v) is 2.38. The van der Waals surface area contributed by atoms with Gasteiger partial charge in [0, 0.05) is 12.1 Å². The summed E-state index contributed by atoms with van der Waals surface area (Å²) in [4.78, 5) is 0. The van der Waals surface area contributed by atoms with Gasteiger partial charge in [-0.3, -0.25) is 0 Å². The number of rotatable bonds is 2. The summed E-state index contributed by atoms with van der Waals surface area (Å²) >= 11 is 0.